The quantitative estimate of drug-likeness (QED) is 0.779. The van der Waals surface area contributed by atoms with Crippen molar-refractivity contribution >= 4 is 27.7 Å². The standard InChI is InChI=1S/C15H17BrN4O4/c1-22-13-9-12(17-15(18-13)23-2)19-5-7-20(8-6-19)14(21)10-3-4-11(16)24-10/h3-4,9H,5-8H2,1-2H3. The van der Waals surface area contributed by atoms with Gasteiger partial charge in [-0.2, -0.15) is 9.97 Å². The van der Waals surface area contributed by atoms with E-state index in [2.05, 4.69) is 30.8 Å². The van der Waals surface area contributed by atoms with Crippen LogP contribution in [0.1, 0.15) is 10.6 Å². The Kier molecular flexibility index (Phi) is 4.89. The Balaban J connectivity index is 1.68. The number of hydrogen-bond donors (Lipinski definition) is 0. The third kappa shape index (κ3) is 3.45. The molecule has 3 heterocycles. The topological polar surface area (TPSA) is 80.9 Å². The van der Waals surface area contributed by atoms with Crippen LogP contribution in [0.25, 0.3) is 0 Å². The zero-order valence-corrected chi connectivity index (χ0v) is 14.9. The molecule has 1 saturated heterocycles. The van der Waals surface area contributed by atoms with E-state index in [1.807, 2.05) is 0 Å². The van der Waals surface area contributed by atoms with Crippen LogP contribution in [0.2, 0.25) is 0 Å². The Bertz CT molecular complexity index is 706. The SMILES string of the molecule is COc1cc(N2CCN(C(=O)c3ccc(Br)o3)CC2)nc(OC)n1. The first-order chi connectivity index (χ1) is 11.6. The van der Waals surface area contributed by atoms with Crippen molar-refractivity contribution in [2.75, 3.05) is 45.3 Å². The summed E-state index contributed by atoms with van der Waals surface area (Å²) in [5.74, 6) is 1.38. The second-order valence-electron chi connectivity index (χ2n) is 5.14. The van der Waals surface area contributed by atoms with E-state index in [-0.39, 0.29) is 11.9 Å². The molecule has 2 aromatic heterocycles. The highest BCUT2D eigenvalue weighted by atomic mass is 79.9. The van der Waals surface area contributed by atoms with E-state index in [1.54, 1.807) is 30.2 Å². The molecule has 0 saturated carbocycles. The Morgan fingerprint density at radius 3 is 2.50 bits per heavy atom. The normalized spacial score (nSPS) is 14.6. The first kappa shape index (κ1) is 16.6. The number of carbonyl (C=O) groups is 1. The number of aromatic nitrogens is 2. The molecule has 1 fully saturated rings. The summed E-state index contributed by atoms with van der Waals surface area (Å²) in [6.45, 7) is 2.45. The van der Waals surface area contributed by atoms with Gasteiger partial charge in [0, 0.05) is 32.2 Å². The number of furan rings is 1. The summed E-state index contributed by atoms with van der Waals surface area (Å²) in [6, 6.07) is 5.38. The van der Waals surface area contributed by atoms with Crippen LogP contribution in [-0.4, -0.2) is 61.2 Å². The molecule has 1 amide bonds. The summed E-state index contributed by atoms with van der Waals surface area (Å²) in [4.78, 5) is 24.6. The fraction of sp³-hybridized carbons (Fsp3) is 0.400. The van der Waals surface area contributed by atoms with Gasteiger partial charge >= 0.3 is 6.01 Å². The van der Waals surface area contributed by atoms with Crippen LogP contribution in [0.3, 0.4) is 0 Å². The van der Waals surface area contributed by atoms with E-state index < -0.39 is 0 Å². The zero-order chi connectivity index (χ0) is 17.1. The van der Waals surface area contributed by atoms with Crippen molar-refractivity contribution in [1.29, 1.82) is 0 Å². The summed E-state index contributed by atoms with van der Waals surface area (Å²) in [5, 5.41) is 0. The number of carbonyl (C=O) groups excluding carboxylic acids is 1. The second kappa shape index (κ2) is 7.08. The number of methoxy groups -OCH3 is 2. The van der Waals surface area contributed by atoms with Crippen molar-refractivity contribution in [3.05, 3.63) is 28.6 Å². The lowest BCUT2D eigenvalue weighted by Gasteiger charge is -2.35. The maximum atomic E-state index is 12.4. The number of anilines is 1. The summed E-state index contributed by atoms with van der Waals surface area (Å²) in [5.41, 5.74) is 0. The Morgan fingerprint density at radius 1 is 1.17 bits per heavy atom. The molecule has 0 aromatic carbocycles. The first-order valence-corrected chi connectivity index (χ1v) is 8.16. The lowest BCUT2D eigenvalue weighted by molar-refractivity contribution is 0.0713. The number of nitrogens with zero attached hydrogens (tertiary/aromatic N) is 4. The van der Waals surface area contributed by atoms with Crippen LogP contribution < -0.4 is 14.4 Å². The van der Waals surface area contributed by atoms with Crippen molar-refractivity contribution in [2.24, 2.45) is 0 Å². The highest BCUT2D eigenvalue weighted by Gasteiger charge is 2.25. The van der Waals surface area contributed by atoms with E-state index in [0.717, 1.165) is 0 Å². The van der Waals surface area contributed by atoms with Gasteiger partial charge in [-0.1, -0.05) is 0 Å². The van der Waals surface area contributed by atoms with Crippen molar-refractivity contribution in [3.8, 4) is 11.9 Å². The summed E-state index contributed by atoms with van der Waals surface area (Å²) < 4.78 is 16.1. The zero-order valence-electron chi connectivity index (χ0n) is 13.4. The van der Waals surface area contributed by atoms with Crippen LogP contribution in [0.15, 0.2) is 27.3 Å². The average molecular weight is 397 g/mol. The molecule has 1 aliphatic rings. The largest absolute Gasteiger partial charge is 0.481 e. The second-order valence-corrected chi connectivity index (χ2v) is 5.92. The third-order valence-electron chi connectivity index (χ3n) is 3.74. The van der Waals surface area contributed by atoms with Gasteiger partial charge < -0.3 is 23.7 Å². The summed E-state index contributed by atoms with van der Waals surface area (Å²) >= 11 is 3.21. The Hall–Kier alpha value is -2.29. The van der Waals surface area contributed by atoms with E-state index in [9.17, 15) is 4.79 Å². The van der Waals surface area contributed by atoms with Gasteiger partial charge in [-0.3, -0.25) is 4.79 Å². The van der Waals surface area contributed by atoms with Gasteiger partial charge in [-0.25, -0.2) is 0 Å². The predicted molar refractivity (Wildman–Crippen MR) is 89.7 cm³/mol. The monoisotopic (exact) mass is 396 g/mol. The number of ether oxygens (including phenoxy) is 2. The van der Waals surface area contributed by atoms with E-state index in [1.165, 1.54) is 7.11 Å². The van der Waals surface area contributed by atoms with Gasteiger partial charge in [0.25, 0.3) is 5.91 Å². The van der Waals surface area contributed by atoms with E-state index in [4.69, 9.17) is 13.9 Å². The van der Waals surface area contributed by atoms with Crippen molar-refractivity contribution in [1.82, 2.24) is 14.9 Å². The molecule has 0 bridgehead atoms. The number of hydrogen-bond acceptors (Lipinski definition) is 7. The molecule has 0 spiro atoms. The molecule has 3 rings (SSSR count). The first-order valence-electron chi connectivity index (χ1n) is 7.37. The lowest BCUT2D eigenvalue weighted by Crippen LogP contribution is -2.49. The maximum absolute atomic E-state index is 12.4. The maximum Gasteiger partial charge on any atom is 0.321 e. The van der Waals surface area contributed by atoms with Crippen LogP contribution in [0.4, 0.5) is 5.82 Å². The average Bonchev–Trinajstić information content (AvgIpc) is 3.07. The molecule has 128 valence electrons. The molecule has 0 atom stereocenters. The summed E-state index contributed by atoms with van der Waals surface area (Å²) in [7, 11) is 3.06. The van der Waals surface area contributed by atoms with Gasteiger partial charge in [0.1, 0.15) is 5.82 Å². The van der Waals surface area contributed by atoms with Crippen molar-refractivity contribution < 1.29 is 18.7 Å². The number of halogens is 1. The number of amides is 1. The van der Waals surface area contributed by atoms with E-state index >= 15 is 0 Å². The van der Waals surface area contributed by atoms with Crippen LogP contribution in [0, 0.1) is 0 Å². The molecule has 2 aromatic rings. The fourth-order valence-corrected chi connectivity index (χ4v) is 2.78. The number of rotatable bonds is 4. The molecular formula is C15H17BrN4O4. The molecule has 0 unspecified atom stereocenters. The van der Waals surface area contributed by atoms with Gasteiger partial charge in [0.15, 0.2) is 10.4 Å². The molecule has 9 heteroatoms. The minimum Gasteiger partial charge on any atom is -0.481 e. The summed E-state index contributed by atoms with van der Waals surface area (Å²) in [6.07, 6.45) is 0. The van der Waals surface area contributed by atoms with Gasteiger partial charge in [-0.05, 0) is 28.1 Å². The molecule has 24 heavy (non-hydrogen) atoms. The van der Waals surface area contributed by atoms with Gasteiger partial charge in [0.05, 0.1) is 14.2 Å². The van der Waals surface area contributed by atoms with Crippen molar-refractivity contribution in [3.63, 3.8) is 0 Å². The Labute approximate surface area is 147 Å². The van der Waals surface area contributed by atoms with E-state index in [0.29, 0.717) is 48.3 Å². The molecule has 8 nitrogen and oxygen atoms in total. The highest BCUT2D eigenvalue weighted by molar-refractivity contribution is 9.10. The molecule has 0 aliphatic carbocycles. The van der Waals surface area contributed by atoms with Crippen LogP contribution in [-0.2, 0) is 0 Å². The fourth-order valence-electron chi connectivity index (χ4n) is 2.47. The van der Waals surface area contributed by atoms with Gasteiger partial charge in [0.2, 0.25) is 5.88 Å². The minimum absolute atomic E-state index is 0.113. The van der Waals surface area contributed by atoms with Crippen LogP contribution in [0.5, 0.6) is 11.9 Å². The molecule has 0 N–H and O–H groups in total. The smallest absolute Gasteiger partial charge is 0.321 e. The predicted octanol–water partition coefficient (Wildman–Crippen LogP) is 1.81. The van der Waals surface area contributed by atoms with Gasteiger partial charge in [-0.15, -0.1) is 0 Å². The lowest BCUT2D eigenvalue weighted by atomic mass is 10.3. The number of piperazine rings is 1. The molecule has 1 aliphatic heterocycles. The third-order valence-corrected chi connectivity index (χ3v) is 4.16. The molecule has 0 radical (unpaired) electrons. The van der Waals surface area contributed by atoms with Crippen molar-refractivity contribution in [2.45, 2.75) is 0 Å². The van der Waals surface area contributed by atoms with Crippen LogP contribution >= 0.6 is 15.9 Å². The minimum atomic E-state index is -0.113. The highest BCUT2D eigenvalue weighted by Crippen LogP contribution is 2.22. The Morgan fingerprint density at radius 2 is 1.92 bits per heavy atom. The molecular weight excluding hydrogens is 380 g/mol.